The lowest BCUT2D eigenvalue weighted by Crippen LogP contribution is -2.19. The largest absolute Gasteiger partial charge is 0.384 e. The second-order valence-corrected chi connectivity index (χ2v) is 6.36. The van der Waals surface area contributed by atoms with Gasteiger partial charge in [-0.3, -0.25) is 9.98 Å². The molecule has 106 valence electrons. The number of aromatic amines is 1. The van der Waals surface area contributed by atoms with E-state index < -0.39 is 0 Å². The van der Waals surface area contributed by atoms with Crippen LogP contribution in [0.3, 0.4) is 0 Å². The Hall–Kier alpha value is -1.54. The van der Waals surface area contributed by atoms with E-state index in [1.54, 1.807) is 10.6 Å². The average Bonchev–Trinajstić information content (AvgIpc) is 2.70. The van der Waals surface area contributed by atoms with Crippen LogP contribution in [-0.2, 0) is 0 Å². The third-order valence-corrected chi connectivity index (χ3v) is 4.15. The van der Waals surface area contributed by atoms with Crippen molar-refractivity contribution in [2.24, 2.45) is 5.73 Å². The summed E-state index contributed by atoms with van der Waals surface area (Å²) in [4.78, 5) is 12.5. The number of nitrogens with two attached hydrogens (primary N) is 1. The average molecular weight is 356 g/mol. The van der Waals surface area contributed by atoms with Gasteiger partial charge in [0.25, 0.3) is 0 Å². The molecular weight excluding hydrogens is 342 g/mol. The molecule has 0 fully saturated rings. The maximum atomic E-state index is 11.7. The maximum Gasteiger partial charge on any atom is 0.344 e. The number of benzene rings is 1. The molecule has 0 spiro atoms. The van der Waals surface area contributed by atoms with E-state index in [4.69, 9.17) is 11.1 Å². The lowest BCUT2D eigenvalue weighted by atomic mass is 10.2. The fourth-order valence-corrected chi connectivity index (χ4v) is 3.39. The van der Waals surface area contributed by atoms with Crippen molar-refractivity contribution in [1.82, 2.24) is 14.8 Å². The number of amidine groups is 1. The van der Waals surface area contributed by atoms with E-state index in [1.165, 1.54) is 11.8 Å². The van der Waals surface area contributed by atoms with Gasteiger partial charge in [0.1, 0.15) is 5.84 Å². The number of hydrogen-bond donors (Lipinski definition) is 3. The Morgan fingerprint density at radius 2 is 2.25 bits per heavy atom. The number of halogens is 1. The minimum Gasteiger partial charge on any atom is -0.384 e. The van der Waals surface area contributed by atoms with Gasteiger partial charge in [-0.15, -0.1) is 5.10 Å². The van der Waals surface area contributed by atoms with Gasteiger partial charge < -0.3 is 5.73 Å². The predicted molar refractivity (Wildman–Crippen MR) is 82.5 cm³/mol. The number of nitrogens with one attached hydrogen (secondary N) is 2. The minimum absolute atomic E-state index is 0.00307. The molecule has 0 aliphatic carbocycles. The van der Waals surface area contributed by atoms with Gasteiger partial charge in [0.05, 0.1) is 0 Å². The first-order valence-electron chi connectivity index (χ1n) is 5.89. The zero-order chi connectivity index (χ0) is 14.9. The van der Waals surface area contributed by atoms with E-state index in [-0.39, 0.29) is 17.6 Å². The molecule has 0 atom stereocenters. The lowest BCUT2D eigenvalue weighted by Gasteiger charge is -2.11. The number of nitrogens with zero attached hydrogens (tertiary/aromatic N) is 2. The van der Waals surface area contributed by atoms with Crippen LogP contribution >= 0.6 is 27.7 Å². The highest BCUT2D eigenvalue weighted by molar-refractivity contribution is 9.10. The van der Waals surface area contributed by atoms with Gasteiger partial charge in [-0.05, 0) is 43.8 Å². The summed E-state index contributed by atoms with van der Waals surface area (Å²) in [5.74, 6) is -0.0195. The molecule has 1 heterocycles. The maximum absolute atomic E-state index is 11.7. The van der Waals surface area contributed by atoms with Crippen molar-refractivity contribution in [3.8, 4) is 0 Å². The summed E-state index contributed by atoms with van der Waals surface area (Å²) in [5, 5.41) is 14.6. The lowest BCUT2D eigenvalue weighted by molar-refractivity contribution is 0.534. The third kappa shape index (κ3) is 2.96. The van der Waals surface area contributed by atoms with Gasteiger partial charge in [0.2, 0.25) is 0 Å². The van der Waals surface area contributed by atoms with Crippen molar-refractivity contribution in [3.63, 3.8) is 0 Å². The van der Waals surface area contributed by atoms with E-state index in [9.17, 15) is 4.79 Å². The van der Waals surface area contributed by atoms with Crippen LogP contribution in [0, 0.1) is 5.41 Å². The number of H-pyrrole nitrogens is 1. The predicted octanol–water partition coefficient (Wildman–Crippen LogP) is 2.35. The molecule has 0 aliphatic rings. The van der Waals surface area contributed by atoms with Gasteiger partial charge in [-0.1, -0.05) is 15.9 Å². The number of rotatable bonds is 4. The minimum atomic E-state index is -0.248. The molecule has 1 aromatic carbocycles. The number of aromatic nitrogens is 3. The van der Waals surface area contributed by atoms with E-state index >= 15 is 0 Å². The Labute approximate surface area is 128 Å². The van der Waals surface area contributed by atoms with E-state index in [2.05, 4.69) is 26.1 Å². The van der Waals surface area contributed by atoms with Crippen LogP contribution in [0.15, 0.2) is 37.5 Å². The van der Waals surface area contributed by atoms with Crippen molar-refractivity contribution in [2.75, 3.05) is 0 Å². The van der Waals surface area contributed by atoms with Crippen LogP contribution in [0.2, 0.25) is 0 Å². The fraction of sp³-hybridized carbons (Fsp3) is 0.250. The Morgan fingerprint density at radius 3 is 2.85 bits per heavy atom. The monoisotopic (exact) mass is 355 g/mol. The van der Waals surface area contributed by atoms with E-state index in [0.717, 1.165) is 9.37 Å². The topological polar surface area (TPSA) is 101 Å². The van der Waals surface area contributed by atoms with Crippen LogP contribution in [-0.4, -0.2) is 20.6 Å². The molecule has 1 aromatic heterocycles. The highest BCUT2D eigenvalue weighted by Gasteiger charge is 2.15. The summed E-state index contributed by atoms with van der Waals surface area (Å²) < 4.78 is 2.44. The molecular formula is C12H14BrN5OS. The van der Waals surface area contributed by atoms with Crippen molar-refractivity contribution in [1.29, 1.82) is 5.41 Å². The molecule has 2 aromatic rings. The van der Waals surface area contributed by atoms with Crippen molar-refractivity contribution < 1.29 is 0 Å². The molecule has 0 radical (unpaired) electrons. The Balaban J connectivity index is 2.47. The molecule has 2 rings (SSSR count). The van der Waals surface area contributed by atoms with Gasteiger partial charge in [0.15, 0.2) is 5.16 Å². The smallest absolute Gasteiger partial charge is 0.344 e. The van der Waals surface area contributed by atoms with Crippen LogP contribution in [0.5, 0.6) is 0 Å². The molecule has 8 heteroatoms. The first kappa shape index (κ1) is 14.9. The summed E-state index contributed by atoms with van der Waals surface area (Å²) in [6.07, 6.45) is 0. The Bertz CT molecular complexity index is 706. The summed E-state index contributed by atoms with van der Waals surface area (Å²) in [7, 11) is 0. The molecule has 6 nitrogen and oxygen atoms in total. The van der Waals surface area contributed by atoms with Crippen molar-refractivity contribution in [2.45, 2.75) is 29.9 Å². The molecule has 0 amide bonds. The highest BCUT2D eigenvalue weighted by Crippen LogP contribution is 2.31. The molecule has 0 bridgehead atoms. The van der Waals surface area contributed by atoms with Crippen LogP contribution < -0.4 is 11.4 Å². The fourth-order valence-electron chi connectivity index (χ4n) is 1.72. The molecule has 0 aliphatic heterocycles. The number of nitrogen functional groups attached to an aromatic ring is 1. The quantitative estimate of drug-likeness (QED) is 0.578. The van der Waals surface area contributed by atoms with Gasteiger partial charge in [-0.25, -0.2) is 9.89 Å². The van der Waals surface area contributed by atoms with Crippen LogP contribution in [0.1, 0.15) is 25.5 Å². The highest BCUT2D eigenvalue weighted by atomic mass is 79.9. The molecule has 4 N–H and O–H groups in total. The third-order valence-electron chi connectivity index (χ3n) is 2.62. The van der Waals surface area contributed by atoms with Gasteiger partial charge >= 0.3 is 5.69 Å². The standard InChI is InChI=1S/C12H14BrN5OS/c1-6(2)18-11(19)16-17-12(18)20-9-5-7(13)3-4-8(9)10(14)15/h3-6H,1-2H3,(H3,14,15)(H,16,19). The van der Waals surface area contributed by atoms with Crippen molar-refractivity contribution >= 4 is 33.5 Å². The zero-order valence-corrected chi connectivity index (χ0v) is 13.4. The number of hydrogen-bond acceptors (Lipinski definition) is 4. The molecule has 20 heavy (non-hydrogen) atoms. The van der Waals surface area contributed by atoms with Crippen molar-refractivity contribution in [3.05, 3.63) is 38.7 Å². The molecule has 0 saturated heterocycles. The second kappa shape index (κ2) is 5.84. The molecule has 0 unspecified atom stereocenters. The van der Waals surface area contributed by atoms with E-state index in [1.807, 2.05) is 26.0 Å². The summed E-state index contributed by atoms with van der Waals surface area (Å²) in [6.45, 7) is 3.82. The second-order valence-electron chi connectivity index (χ2n) is 4.43. The molecule has 0 saturated carbocycles. The Kier molecular flexibility index (Phi) is 4.34. The van der Waals surface area contributed by atoms with E-state index in [0.29, 0.717) is 10.7 Å². The SMILES string of the molecule is CC(C)n1c(Sc2cc(Br)ccc2C(=N)N)n[nH]c1=O. The Morgan fingerprint density at radius 1 is 1.55 bits per heavy atom. The summed E-state index contributed by atoms with van der Waals surface area (Å²) in [5.41, 5.74) is 5.95. The summed E-state index contributed by atoms with van der Waals surface area (Å²) >= 11 is 4.69. The zero-order valence-electron chi connectivity index (χ0n) is 11.0. The normalized spacial score (nSPS) is 11.0. The van der Waals surface area contributed by atoms with Gasteiger partial charge in [0, 0.05) is 21.0 Å². The summed E-state index contributed by atoms with van der Waals surface area (Å²) in [6, 6.07) is 5.43. The first-order valence-corrected chi connectivity index (χ1v) is 7.49. The first-order chi connectivity index (χ1) is 9.40. The van der Waals surface area contributed by atoms with Gasteiger partial charge in [-0.2, -0.15) is 0 Å². The van der Waals surface area contributed by atoms with Crippen LogP contribution in [0.4, 0.5) is 0 Å². The van der Waals surface area contributed by atoms with Crippen LogP contribution in [0.25, 0.3) is 0 Å².